The van der Waals surface area contributed by atoms with Crippen LogP contribution in [0.2, 0.25) is 0 Å². The first-order valence-corrected chi connectivity index (χ1v) is 24.8. The molecule has 0 aliphatic carbocycles. The van der Waals surface area contributed by atoms with Gasteiger partial charge in [0.15, 0.2) is 0 Å². The summed E-state index contributed by atoms with van der Waals surface area (Å²) in [4.78, 5) is 160. The smallest absolute Gasteiger partial charge is 0.322 e. The molecule has 2 rings (SSSR count). The molecule has 1 heterocycles. The molecule has 0 saturated carbocycles. The minimum absolute atomic E-state index is 0.0343. The number of nitrogens with one attached hydrogen (secondary N) is 10. The van der Waals surface area contributed by atoms with Crippen molar-refractivity contribution in [3.05, 3.63) is 36.0 Å². The van der Waals surface area contributed by atoms with Crippen LogP contribution in [0, 0.1) is 23.7 Å². The third kappa shape index (κ3) is 21.4. The maximum Gasteiger partial charge on any atom is 0.322 e. The zero-order valence-corrected chi connectivity index (χ0v) is 44.1. The van der Waals surface area contributed by atoms with Gasteiger partial charge in [-0.1, -0.05) is 80.0 Å². The van der Waals surface area contributed by atoms with Crippen LogP contribution < -0.4 is 65.1 Å². The van der Waals surface area contributed by atoms with Gasteiger partial charge in [0.2, 0.25) is 65.0 Å². The standard InChI is InChI=1S/C49H77N13O13/c1-10-26(8)41(47(73)55-21-37(65)54-22-38(66)67)62-45(71)33(18-28-20-53-31-14-12-11-13-29(28)31)59-49(75)40(25(6)7)60-44(70)32(15-16-35(51)63)57-42(68)27(9)56-48(74)39(24(4)5)61-46(72)34(19-36(52)64)58-43(69)30(50)17-23(2)3/h11-14,20,23-27,30,32-34,39-41,53H,10,15-19,21-22,50H2,1-9H3,(H2,51,63)(H2,52,64)(H,54,65)(H,55,73)(H,56,74)(H,57,68)(H,58,69)(H,59,75)(H,60,70)(H,61,72)(H,62,71)(H,66,67)/t26-,27-,30-,32-,33-,34-,39-,40-,41-/m0/s1. The number of nitrogens with two attached hydrogens (primary N) is 3. The third-order valence-corrected chi connectivity index (χ3v) is 12.0. The fourth-order valence-corrected chi connectivity index (χ4v) is 7.56. The minimum atomic E-state index is -1.52. The molecule has 11 amide bonds. The highest BCUT2D eigenvalue weighted by Gasteiger charge is 2.36. The average Bonchev–Trinajstić information content (AvgIpc) is 3.74. The zero-order valence-electron chi connectivity index (χ0n) is 44.1. The van der Waals surface area contributed by atoms with Crippen LogP contribution in [0.15, 0.2) is 30.5 Å². The molecule has 0 bridgehead atoms. The van der Waals surface area contributed by atoms with E-state index in [1.54, 1.807) is 72.0 Å². The second-order valence-corrected chi connectivity index (χ2v) is 19.6. The van der Waals surface area contributed by atoms with Crippen LogP contribution in [-0.4, -0.2) is 142 Å². The molecule has 75 heavy (non-hydrogen) atoms. The number of carboxylic acid groups (broad SMARTS) is 1. The zero-order chi connectivity index (χ0) is 56.9. The number of carbonyl (C=O) groups is 12. The van der Waals surface area contributed by atoms with Crippen LogP contribution >= 0.6 is 0 Å². The van der Waals surface area contributed by atoms with Crippen LogP contribution in [0.5, 0.6) is 0 Å². The summed E-state index contributed by atoms with van der Waals surface area (Å²) < 4.78 is 0. The number of fused-ring (bicyclic) bond motifs is 1. The lowest BCUT2D eigenvalue weighted by atomic mass is 9.96. The highest BCUT2D eigenvalue weighted by molar-refractivity contribution is 5.99. The Bertz CT molecular complexity index is 2370. The second-order valence-electron chi connectivity index (χ2n) is 19.6. The molecular weight excluding hydrogens is 979 g/mol. The molecule has 0 radical (unpaired) electrons. The summed E-state index contributed by atoms with van der Waals surface area (Å²) in [6.07, 6.45) is 0.813. The molecule has 0 aliphatic heterocycles. The highest BCUT2D eigenvalue weighted by Crippen LogP contribution is 2.20. The number of amides is 11. The summed E-state index contributed by atoms with van der Waals surface area (Å²) in [5.74, 6) is -12.4. The number of aliphatic carboxylic acids is 1. The van der Waals surface area contributed by atoms with Gasteiger partial charge in [-0.3, -0.25) is 57.5 Å². The van der Waals surface area contributed by atoms with Gasteiger partial charge < -0.3 is 75.1 Å². The van der Waals surface area contributed by atoms with Crippen LogP contribution in [0.4, 0.5) is 0 Å². The minimum Gasteiger partial charge on any atom is -0.480 e. The Hall–Kier alpha value is -7.64. The Morgan fingerprint density at radius 2 is 1.12 bits per heavy atom. The van der Waals surface area contributed by atoms with Gasteiger partial charge in [-0.15, -0.1) is 0 Å². The summed E-state index contributed by atoms with van der Waals surface area (Å²) in [7, 11) is 0. The predicted octanol–water partition coefficient (Wildman–Crippen LogP) is -2.69. The lowest BCUT2D eigenvalue weighted by Crippen LogP contribution is -2.61. The lowest BCUT2D eigenvalue weighted by Gasteiger charge is -2.29. The van der Waals surface area contributed by atoms with Gasteiger partial charge in [0.05, 0.1) is 19.0 Å². The average molecular weight is 1060 g/mol. The van der Waals surface area contributed by atoms with E-state index < -0.39 is 163 Å². The van der Waals surface area contributed by atoms with Gasteiger partial charge >= 0.3 is 5.97 Å². The summed E-state index contributed by atoms with van der Waals surface area (Å²) in [6.45, 7) is 13.5. The predicted molar refractivity (Wildman–Crippen MR) is 274 cm³/mol. The van der Waals surface area contributed by atoms with Gasteiger partial charge in [0.1, 0.15) is 48.8 Å². The number of H-pyrrole nitrogens is 1. The molecule has 26 heteroatoms. The summed E-state index contributed by atoms with van der Waals surface area (Å²) in [5, 5.41) is 32.0. The fraction of sp³-hybridized carbons (Fsp3) is 0.592. The molecule has 9 atom stereocenters. The van der Waals surface area contributed by atoms with Crippen molar-refractivity contribution >= 4 is 81.9 Å². The lowest BCUT2D eigenvalue weighted by molar-refractivity contribution is -0.138. The molecule has 0 spiro atoms. The van der Waals surface area contributed by atoms with Crippen LogP contribution in [0.25, 0.3) is 10.9 Å². The van der Waals surface area contributed by atoms with Gasteiger partial charge in [0, 0.05) is 29.9 Å². The van der Waals surface area contributed by atoms with Gasteiger partial charge in [-0.05, 0) is 55.1 Å². The number of rotatable bonds is 32. The number of benzene rings is 1. The molecule has 1 aromatic heterocycles. The number of primary amides is 2. The molecule has 2 aromatic rings. The molecule has 0 aliphatic rings. The molecule has 26 nitrogen and oxygen atoms in total. The maximum atomic E-state index is 14.3. The van der Waals surface area contributed by atoms with Crippen LogP contribution in [-0.2, 0) is 64.0 Å². The number of para-hydroxylation sites is 1. The molecule has 0 fully saturated rings. The van der Waals surface area contributed by atoms with Crippen LogP contribution in [0.1, 0.15) is 100.0 Å². The Morgan fingerprint density at radius 1 is 0.587 bits per heavy atom. The third-order valence-electron chi connectivity index (χ3n) is 12.0. The van der Waals surface area contributed by atoms with E-state index in [9.17, 15) is 57.5 Å². The van der Waals surface area contributed by atoms with Crippen molar-refractivity contribution in [2.45, 2.75) is 149 Å². The molecule has 1 aromatic carbocycles. The van der Waals surface area contributed by atoms with Crippen molar-refractivity contribution in [1.82, 2.24) is 52.8 Å². The van der Waals surface area contributed by atoms with E-state index in [-0.39, 0.29) is 25.2 Å². The molecule has 416 valence electrons. The highest BCUT2D eigenvalue weighted by atomic mass is 16.4. The Morgan fingerprint density at radius 3 is 1.67 bits per heavy atom. The van der Waals surface area contributed by atoms with Crippen molar-refractivity contribution < 1.29 is 62.6 Å². The number of hydrogen-bond acceptors (Lipinski definition) is 13. The van der Waals surface area contributed by atoms with E-state index in [0.29, 0.717) is 12.0 Å². The normalized spacial score (nSPS) is 14.8. The Labute approximate surface area is 435 Å². The first kappa shape index (κ1) is 63.5. The first-order chi connectivity index (χ1) is 35.1. The van der Waals surface area contributed by atoms with Gasteiger partial charge in [-0.25, -0.2) is 0 Å². The molecule has 17 N–H and O–H groups in total. The van der Waals surface area contributed by atoms with Crippen molar-refractivity contribution in [3.63, 3.8) is 0 Å². The quantitative estimate of drug-likeness (QED) is 0.0355. The van der Waals surface area contributed by atoms with E-state index >= 15 is 0 Å². The number of aromatic amines is 1. The number of aromatic nitrogens is 1. The molecule has 0 saturated heterocycles. The van der Waals surface area contributed by atoms with E-state index in [0.717, 1.165) is 10.9 Å². The fourth-order valence-electron chi connectivity index (χ4n) is 7.56. The topological polar surface area (TPSA) is 427 Å². The number of carbonyl (C=O) groups excluding carboxylic acids is 11. The largest absolute Gasteiger partial charge is 0.480 e. The van der Waals surface area contributed by atoms with E-state index in [1.165, 1.54) is 6.92 Å². The number of carboxylic acids is 1. The van der Waals surface area contributed by atoms with E-state index in [1.807, 2.05) is 13.8 Å². The van der Waals surface area contributed by atoms with Crippen molar-refractivity contribution in [2.75, 3.05) is 13.1 Å². The van der Waals surface area contributed by atoms with Crippen molar-refractivity contribution in [3.8, 4) is 0 Å². The Kier molecular flexibility index (Phi) is 25.8. The summed E-state index contributed by atoms with van der Waals surface area (Å²) >= 11 is 0. The molecule has 0 unspecified atom stereocenters. The van der Waals surface area contributed by atoms with Gasteiger partial charge in [0.25, 0.3) is 0 Å². The second kappa shape index (κ2) is 30.5. The van der Waals surface area contributed by atoms with Gasteiger partial charge in [-0.2, -0.15) is 0 Å². The SMILES string of the molecule is CC[C@H](C)[C@H](NC(=O)[C@H](Cc1c[nH]c2ccccc12)NC(=O)[C@@H](NC(=O)[C@H](CCC(N)=O)NC(=O)[C@H](C)NC(=O)[C@@H](NC(=O)[C@H](CC(N)=O)NC(=O)[C@@H](N)CC(C)C)C(C)C)C(C)C)C(=O)NCC(=O)NCC(=O)O. The number of hydrogen-bond donors (Lipinski definition) is 14. The summed E-state index contributed by atoms with van der Waals surface area (Å²) in [5.41, 5.74) is 18.1. The van der Waals surface area contributed by atoms with Crippen LogP contribution in [0.3, 0.4) is 0 Å². The van der Waals surface area contributed by atoms with E-state index in [4.69, 9.17) is 22.3 Å². The summed E-state index contributed by atoms with van der Waals surface area (Å²) in [6, 6.07) is -3.56. The van der Waals surface area contributed by atoms with Crippen molar-refractivity contribution in [1.29, 1.82) is 0 Å². The van der Waals surface area contributed by atoms with Crippen molar-refractivity contribution in [2.24, 2.45) is 40.9 Å². The Balaban J connectivity index is 2.37. The van der Waals surface area contributed by atoms with E-state index in [2.05, 4.69) is 52.8 Å². The monoisotopic (exact) mass is 1060 g/mol. The first-order valence-electron chi connectivity index (χ1n) is 24.8. The molecular formula is C49H77N13O13. The maximum absolute atomic E-state index is 14.3.